The summed E-state index contributed by atoms with van der Waals surface area (Å²) in [5.74, 6) is 1.04. The van der Waals surface area contributed by atoms with E-state index in [0.29, 0.717) is 28.0 Å². The van der Waals surface area contributed by atoms with Crippen LogP contribution < -0.4 is 4.74 Å². The van der Waals surface area contributed by atoms with Crippen LogP contribution in [0, 0.1) is 0 Å². The summed E-state index contributed by atoms with van der Waals surface area (Å²) in [5, 5.41) is 14.1. The summed E-state index contributed by atoms with van der Waals surface area (Å²) in [4.78, 5) is 12.4. The summed E-state index contributed by atoms with van der Waals surface area (Å²) in [6.45, 7) is 2.58. The molecule has 146 valence electrons. The molecule has 6 nitrogen and oxygen atoms in total. The second kappa shape index (κ2) is 8.63. The van der Waals surface area contributed by atoms with Gasteiger partial charge in [0.05, 0.1) is 18.1 Å². The minimum absolute atomic E-state index is 0.00826. The molecule has 4 aromatic rings. The maximum absolute atomic E-state index is 12.4. The molecule has 0 bridgehead atoms. The highest BCUT2D eigenvalue weighted by molar-refractivity contribution is 7.99. The van der Waals surface area contributed by atoms with Crippen molar-refractivity contribution in [1.82, 2.24) is 19.8 Å². The van der Waals surface area contributed by atoms with Gasteiger partial charge in [0.1, 0.15) is 5.75 Å². The number of ether oxygens (including phenoxy) is 1. The Bertz CT molecular complexity index is 1140. The largest absolute Gasteiger partial charge is 0.494 e. The Labute approximate surface area is 176 Å². The van der Waals surface area contributed by atoms with E-state index in [-0.39, 0.29) is 11.5 Å². The minimum atomic E-state index is -0.00826. The van der Waals surface area contributed by atoms with Gasteiger partial charge < -0.3 is 4.74 Å². The zero-order chi connectivity index (χ0) is 20.2. The third kappa shape index (κ3) is 4.41. The molecule has 29 heavy (non-hydrogen) atoms. The Morgan fingerprint density at radius 1 is 1.03 bits per heavy atom. The molecule has 0 aliphatic carbocycles. The highest BCUT2D eigenvalue weighted by Crippen LogP contribution is 2.23. The number of nitrogens with zero attached hydrogens (tertiary/aromatic N) is 4. The van der Waals surface area contributed by atoms with Crippen molar-refractivity contribution in [2.24, 2.45) is 0 Å². The number of Topliss-reactive ketones (excluding diaryl/α,β-unsaturated/α-hetero) is 1. The summed E-state index contributed by atoms with van der Waals surface area (Å²) in [5.41, 5.74) is 2.98. The van der Waals surface area contributed by atoms with Crippen LogP contribution in [0.4, 0.5) is 0 Å². The normalized spacial score (nSPS) is 11.0. The first-order valence-corrected chi connectivity index (χ1v) is 10.4. The molecule has 8 heteroatoms. The van der Waals surface area contributed by atoms with Crippen LogP contribution in [-0.4, -0.2) is 38.0 Å². The summed E-state index contributed by atoms with van der Waals surface area (Å²) < 4.78 is 7.14. The van der Waals surface area contributed by atoms with Crippen molar-refractivity contribution in [3.63, 3.8) is 0 Å². The van der Waals surface area contributed by atoms with Crippen molar-refractivity contribution in [2.75, 3.05) is 12.4 Å². The number of ketones is 1. The zero-order valence-electron chi connectivity index (χ0n) is 15.6. The highest BCUT2D eigenvalue weighted by atomic mass is 35.5. The third-order valence-corrected chi connectivity index (χ3v) is 5.37. The molecule has 0 N–H and O–H groups in total. The number of aromatic nitrogens is 4. The molecule has 0 saturated carbocycles. The number of halogens is 1. The number of rotatable bonds is 7. The van der Waals surface area contributed by atoms with Crippen LogP contribution in [0.1, 0.15) is 17.3 Å². The lowest BCUT2D eigenvalue weighted by Crippen LogP contribution is -2.03. The molecule has 0 fully saturated rings. The SMILES string of the molecule is CCOc1ccc(-c2ccc3nnc(SCC(=O)c4ccc(Cl)cc4)n3n2)cc1. The molecule has 0 radical (unpaired) electrons. The number of carbonyl (C=O) groups is 1. The number of fused-ring (bicyclic) bond motifs is 1. The Balaban J connectivity index is 1.53. The van der Waals surface area contributed by atoms with Crippen LogP contribution in [0.15, 0.2) is 65.8 Å². The molecule has 4 rings (SSSR count). The Morgan fingerprint density at radius 3 is 2.52 bits per heavy atom. The number of hydrogen-bond donors (Lipinski definition) is 0. The van der Waals surface area contributed by atoms with E-state index < -0.39 is 0 Å². The van der Waals surface area contributed by atoms with Crippen molar-refractivity contribution in [2.45, 2.75) is 12.1 Å². The van der Waals surface area contributed by atoms with Crippen LogP contribution in [0.5, 0.6) is 5.75 Å². The van der Waals surface area contributed by atoms with Crippen LogP contribution >= 0.6 is 23.4 Å². The fourth-order valence-corrected chi connectivity index (χ4v) is 3.66. The van der Waals surface area contributed by atoms with Crippen molar-refractivity contribution >= 4 is 34.8 Å². The van der Waals surface area contributed by atoms with E-state index in [1.807, 2.05) is 43.3 Å². The van der Waals surface area contributed by atoms with Crippen molar-refractivity contribution < 1.29 is 9.53 Å². The average molecular weight is 425 g/mol. The predicted octanol–water partition coefficient (Wildman–Crippen LogP) is 4.82. The van der Waals surface area contributed by atoms with E-state index in [4.69, 9.17) is 16.3 Å². The van der Waals surface area contributed by atoms with Crippen molar-refractivity contribution in [1.29, 1.82) is 0 Å². The van der Waals surface area contributed by atoms with Gasteiger partial charge in [-0.05, 0) is 67.6 Å². The summed E-state index contributed by atoms with van der Waals surface area (Å²) in [6.07, 6.45) is 0. The standard InChI is InChI=1S/C21H17ClN4O2S/c1-2-28-17-9-5-14(6-10-17)18-11-12-20-23-24-21(26(20)25-18)29-13-19(27)15-3-7-16(22)8-4-15/h3-12H,2,13H2,1H3. The topological polar surface area (TPSA) is 69.4 Å². The highest BCUT2D eigenvalue weighted by Gasteiger charge is 2.13. The van der Waals surface area contributed by atoms with Crippen molar-refractivity contribution in [3.05, 3.63) is 71.2 Å². The lowest BCUT2D eigenvalue weighted by atomic mass is 10.1. The molecule has 2 aromatic carbocycles. The first-order chi connectivity index (χ1) is 14.1. The fraction of sp³-hybridized carbons (Fsp3) is 0.143. The maximum Gasteiger partial charge on any atom is 0.212 e. The lowest BCUT2D eigenvalue weighted by Gasteiger charge is -2.05. The minimum Gasteiger partial charge on any atom is -0.494 e. The molecule has 0 aliphatic heterocycles. The van der Waals surface area contributed by atoms with E-state index in [1.165, 1.54) is 11.8 Å². The molecule has 0 amide bonds. The predicted molar refractivity (Wildman–Crippen MR) is 114 cm³/mol. The average Bonchev–Trinajstić information content (AvgIpc) is 3.15. The molecule has 2 aromatic heterocycles. The Morgan fingerprint density at radius 2 is 1.79 bits per heavy atom. The van der Waals surface area contributed by atoms with Gasteiger partial charge in [0, 0.05) is 16.1 Å². The first-order valence-electron chi connectivity index (χ1n) is 9.01. The summed E-state index contributed by atoms with van der Waals surface area (Å²) in [7, 11) is 0. The Kier molecular flexibility index (Phi) is 5.78. The van der Waals surface area contributed by atoms with Gasteiger partial charge in [-0.1, -0.05) is 23.4 Å². The molecule has 0 aliphatic rings. The van der Waals surface area contributed by atoms with E-state index in [2.05, 4.69) is 15.3 Å². The van der Waals surface area contributed by atoms with Gasteiger partial charge in [-0.2, -0.15) is 9.61 Å². The van der Waals surface area contributed by atoms with Gasteiger partial charge >= 0.3 is 0 Å². The smallest absolute Gasteiger partial charge is 0.212 e. The van der Waals surface area contributed by atoms with E-state index in [0.717, 1.165) is 17.0 Å². The number of thioether (sulfide) groups is 1. The second-order valence-electron chi connectivity index (χ2n) is 6.15. The molecule has 2 heterocycles. The number of carbonyl (C=O) groups excluding carboxylic acids is 1. The van der Waals surface area contributed by atoms with Crippen LogP contribution in [0.25, 0.3) is 16.9 Å². The van der Waals surface area contributed by atoms with Crippen LogP contribution in [0.2, 0.25) is 5.02 Å². The van der Waals surface area contributed by atoms with Gasteiger partial charge in [-0.25, -0.2) is 0 Å². The Hall–Kier alpha value is -2.90. The molecular weight excluding hydrogens is 408 g/mol. The van der Waals surface area contributed by atoms with Crippen LogP contribution in [-0.2, 0) is 0 Å². The van der Waals surface area contributed by atoms with Crippen LogP contribution in [0.3, 0.4) is 0 Å². The molecular formula is C21H17ClN4O2S. The van der Waals surface area contributed by atoms with Gasteiger partial charge in [0.2, 0.25) is 5.16 Å². The zero-order valence-corrected chi connectivity index (χ0v) is 17.2. The molecule has 0 atom stereocenters. The van der Waals surface area contributed by atoms with Gasteiger partial charge in [-0.3, -0.25) is 4.79 Å². The van der Waals surface area contributed by atoms with Gasteiger partial charge in [-0.15, -0.1) is 10.2 Å². The van der Waals surface area contributed by atoms with E-state index in [1.54, 1.807) is 28.8 Å². The quantitative estimate of drug-likeness (QED) is 0.313. The number of benzene rings is 2. The molecule has 0 saturated heterocycles. The first kappa shape index (κ1) is 19.4. The lowest BCUT2D eigenvalue weighted by molar-refractivity contribution is 0.102. The van der Waals surface area contributed by atoms with Gasteiger partial charge in [0.15, 0.2) is 11.4 Å². The van der Waals surface area contributed by atoms with Gasteiger partial charge in [0.25, 0.3) is 0 Å². The van der Waals surface area contributed by atoms with Crippen molar-refractivity contribution in [3.8, 4) is 17.0 Å². The van der Waals surface area contributed by atoms with E-state index in [9.17, 15) is 4.79 Å². The third-order valence-electron chi connectivity index (χ3n) is 4.19. The monoisotopic (exact) mass is 424 g/mol. The maximum atomic E-state index is 12.4. The summed E-state index contributed by atoms with van der Waals surface area (Å²) in [6, 6.07) is 18.3. The number of hydrogen-bond acceptors (Lipinski definition) is 6. The second-order valence-corrected chi connectivity index (χ2v) is 7.53. The fourth-order valence-electron chi connectivity index (χ4n) is 2.75. The molecule has 0 spiro atoms. The van der Waals surface area contributed by atoms with E-state index >= 15 is 0 Å². The summed E-state index contributed by atoms with van der Waals surface area (Å²) >= 11 is 7.18. The molecule has 0 unspecified atom stereocenters.